The quantitative estimate of drug-likeness (QED) is 0.850. The van der Waals surface area contributed by atoms with Crippen molar-refractivity contribution >= 4 is 45.1 Å². The monoisotopic (exact) mass is 308 g/mol. The third-order valence-corrected chi connectivity index (χ3v) is 4.02. The van der Waals surface area contributed by atoms with Crippen molar-refractivity contribution in [3.63, 3.8) is 0 Å². The second kappa shape index (κ2) is 3.65. The molecule has 15 heavy (non-hydrogen) atoms. The van der Waals surface area contributed by atoms with Gasteiger partial charge in [0, 0.05) is 10.4 Å². The Labute approximate surface area is 105 Å². The normalized spacial score (nSPS) is 27.4. The van der Waals surface area contributed by atoms with Gasteiger partial charge in [-0.2, -0.15) is 0 Å². The highest BCUT2D eigenvalue weighted by Gasteiger charge is 2.68. The first kappa shape index (κ1) is 11.2. The second-order valence-electron chi connectivity index (χ2n) is 3.52. The van der Waals surface area contributed by atoms with Crippen LogP contribution >= 0.6 is 39.1 Å². The molecule has 1 aromatic carbocycles. The van der Waals surface area contributed by atoms with Gasteiger partial charge in [0.15, 0.2) is 0 Å². The van der Waals surface area contributed by atoms with Crippen LogP contribution < -0.4 is 0 Å². The van der Waals surface area contributed by atoms with Crippen molar-refractivity contribution in [1.82, 2.24) is 0 Å². The van der Waals surface area contributed by atoms with Gasteiger partial charge in [0.1, 0.15) is 4.33 Å². The summed E-state index contributed by atoms with van der Waals surface area (Å²) in [5.41, 5.74) is 0.857. The average molecular weight is 310 g/mol. The summed E-state index contributed by atoms with van der Waals surface area (Å²) < 4.78 is -0.229. The van der Waals surface area contributed by atoms with Crippen LogP contribution in [0.15, 0.2) is 28.7 Å². The molecule has 0 radical (unpaired) electrons. The number of hydrogen-bond donors (Lipinski definition) is 1. The van der Waals surface area contributed by atoms with Crippen LogP contribution in [0.25, 0.3) is 0 Å². The Kier molecular flexibility index (Phi) is 2.73. The highest BCUT2D eigenvalue weighted by atomic mass is 79.9. The Morgan fingerprint density at radius 1 is 1.33 bits per heavy atom. The topological polar surface area (TPSA) is 37.3 Å². The molecular formula is C10H7BrCl2O2. The van der Waals surface area contributed by atoms with E-state index in [4.69, 9.17) is 28.3 Å². The number of carbonyl (C=O) groups is 1. The maximum absolute atomic E-state index is 10.8. The molecule has 0 aromatic heterocycles. The molecule has 0 bridgehead atoms. The lowest BCUT2D eigenvalue weighted by molar-refractivity contribution is -0.138. The van der Waals surface area contributed by atoms with Crippen molar-refractivity contribution in [3.8, 4) is 0 Å². The molecule has 5 heteroatoms. The van der Waals surface area contributed by atoms with Gasteiger partial charge in [-0.25, -0.2) is 0 Å². The van der Waals surface area contributed by atoms with Crippen molar-refractivity contribution < 1.29 is 9.90 Å². The zero-order chi connectivity index (χ0) is 11.2. The second-order valence-corrected chi connectivity index (χ2v) is 5.88. The standard InChI is InChI=1S/C10H7BrCl2O2/c11-6-3-1-5(2-4-6)7-8(9(14)15)10(7,12)13/h1-4,7-8H,(H,14,15). The molecule has 2 unspecified atom stereocenters. The molecule has 0 saturated heterocycles. The molecule has 0 spiro atoms. The van der Waals surface area contributed by atoms with Gasteiger partial charge in [0.05, 0.1) is 5.92 Å². The number of halogens is 3. The molecule has 80 valence electrons. The van der Waals surface area contributed by atoms with Gasteiger partial charge in [-0.3, -0.25) is 4.79 Å². The fourth-order valence-corrected chi connectivity index (χ4v) is 2.80. The number of aliphatic carboxylic acids is 1. The minimum absolute atomic E-state index is 0.313. The molecule has 2 nitrogen and oxygen atoms in total. The van der Waals surface area contributed by atoms with Gasteiger partial charge < -0.3 is 5.11 Å². The van der Waals surface area contributed by atoms with Gasteiger partial charge in [0.25, 0.3) is 0 Å². The number of alkyl halides is 2. The molecule has 2 rings (SSSR count). The Morgan fingerprint density at radius 2 is 1.87 bits per heavy atom. The van der Waals surface area contributed by atoms with E-state index in [0.717, 1.165) is 10.0 Å². The molecule has 1 N–H and O–H groups in total. The Bertz CT molecular complexity index is 402. The zero-order valence-electron chi connectivity index (χ0n) is 7.45. The highest BCUT2D eigenvalue weighted by molar-refractivity contribution is 9.10. The van der Waals surface area contributed by atoms with Crippen LogP contribution in [-0.4, -0.2) is 15.4 Å². The van der Waals surface area contributed by atoms with Crippen LogP contribution in [0.5, 0.6) is 0 Å². The van der Waals surface area contributed by atoms with E-state index in [-0.39, 0.29) is 5.92 Å². The van der Waals surface area contributed by atoms with Crippen LogP contribution in [0.3, 0.4) is 0 Å². The highest BCUT2D eigenvalue weighted by Crippen LogP contribution is 2.64. The first-order valence-electron chi connectivity index (χ1n) is 4.30. The van der Waals surface area contributed by atoms with Gasteiger partial charge in [-0.05, 0) is 17.7 Å². The SMILES string of the molecule is O=C(O)C1C(c2ccc(Br)cc2)C1(Cl)Cl. The maximum Gasteiger partial charge on any atom is 0.310 e. The summed E-state index contributed by atoms with van der Waals surface area (Å²) in [6.45, 7) is 0. The van der Waals surface area contributed by atoms with E-state index in [0.29, 0.717) is 0 Å². The first-order chi connectivity index (χ1) is 6.94. The summed E-state index contributed by atoms with van der Waals surface area (Å²) in [4.78, 5) is 10.8. The Balaban J connectivity index is 2.27. The molecule has 0 aliphatic heterocycles. The number of carboxylic acids is 1. The van der Waals surface area contributed by atoms with E-state index in [1.165, 1.54) is 0 Å². The summed E-state index contributed by atoms with van der Waals surface area (Å²) in [6, 6.07) is 7.35. The fraction of sp³-hybridized carbons (Fsp3) is 0.300. The summed E-state index contributed by atoms with van der Waals surface area (Å²) in [5, 5.41) is 8.90. The van der Waals surface area contributed by atoms with E-state index in [1.54, 1.807) is 0 Å². The van der Waals surface area contributed by atoms with E-state index in [1.807, 2.05) is 24.3 Å². The van der Waals surface area contributed by atoms with Gasteiger partial charge >= 0.3 is 5.97 Å². The molecule has 1 saturated carbocycles. The fourth-order valence-electron chi connectivity index (χ4n) is 1.72. The van der Waals surface area contributed by atoms with Crippen molar-refractivity contribution in [1.29, 1.82) is 0 Å². The van der Waals surface area contributed by atoms with Crippen LogP contribution in [0.2, 0.25) is 0 Å². The van der Waals surface area contributed by atoms with Crippen molar-refractivity contribution in [2.24, 2.45) is 5.92 Å². The van der Waals surface area contributed by atoms with Crippen LogP contribution in [0.4, 0.5) is 0 Å². The lowest BCUT2D eigenvalue weighted by Crippen LogP contribution is -2.03. The third-order valence-electron chi connectivity index (χ3n) is 2.55. The van der Waals surface area contributed by atoms with E-state index in [9.17, 15) is 4.79 Å². The van der Waals surface area contributed by atoms with Crippen molar-refractivity contribution in [3.05, 3.63) is 34.3 Å². The molecule has 1 aromatic rings. The molecule has 1 aliphatic carbocycles. The molecule has 0 amide bonds. The largest absolute Gasteiger partial charge is 0.481 e. The lowest BCUT2D eigenvalue weighted by Gasteiger charge is -1.99. The van der Waals surface area contributed by atoms with Crippen LogP contribution in [0.1, 0.15) is 11.5 Å². The predicted molar refractivity (Wildman–Crippen MR) is 62.4 cm³/mol. The number of rotatable bonds is 2. The molecule has 1 fully saturated rings. The average Bonchev–Trinajstić information content (AvgIpc) is 2.70. The maximum atomic E-state index is 10.8. The van der Waals surface area contributed by atoms with E-state index >= 15 is 0 Å². The number of benzene rings is 1. The predicted octanol–water partition coefficient (Wildman–Crippen LogP) is 3.42. The molecular weight excluding hydrogens is 303 g/mol. The molecule has 0 heterocycles. The van der Waals surface area contributed by atoms with Gasteiger partial charge in [-0.1, -0.05) is 51.3 Å². The number of carboxylic acid groups (broad SMARTS) is 1. The smallest absolute Gasteiger partial charge is 0.310 e. The number of hydrogen-bond acceptors (Lipinski definition) is 1. The van der Waals surface area contributed by atoms with Gasteiger partial charge in [-0.15, -0.1) is 0 Å². The minimum Gasteiger partial charge on any atom is -0.481 e. The lowest BCUT2D eigenvalue weighted by atomic mass is 10.1. The summed E-state index contributed by atoms with van der Waals surface area (Å²) >= 11 is 15.1. The van der Waals surface area contributed by atoms with Crippen molar-refractivity contribution in [2.45, 2.75) is 10.3 Å². The first-order valence-corrected chi connectivity index (χ1v) is 5.85. The Morgan fingerprint density at radius 3 is 2.27 bits per heavy atom. The summed E-state index contributed by atoms with van der Waals surface area (Å²) in [7, 11) is 0. The van der Waals surface area contributed by atoms with Crippen LogP contribution in [0, 0.1) is 5.92 Å². The van der Waals surface area contributed by atoms with E-state index in [2.05, 4.69) is 15.9 Å². The summed E-state index contributed by atoms with van der Waals surface area (Å²) in [5.74, 6) is -1.97. The van der Waals surface area contributed by atoms with E-state index < -0.39 is 16.2 Å². The van der Waals surface area contributed by atoms with Gasteiger partial charge in [0.2, 0.25) is 0 Å². The minimum atomic E-state index is -1.17. The van der Waals surface area contributed by atoms with Crippen molar-refractivity contribution in [2.75, 3.05) is 0 Å². The Hall–Kier alpha value is -0.250. The third kappa shape index (κ3) is 1.88. The summed E-state index contributed by atoms with van der Waals surface area (Å²) in [6.07, 6.45) is 0. The zero-order valence-corrected chi connectivity index (χ0v) is 10.6. The molecule has 2 atom stereocenters. The molecule has 1 aliphatic rings. The van der Waals surface area contributed by atoms with Crippen LogP contribution in [-0.2, 0) is 4.79 Å².